The maximum absolute atomic E-state index is 14.2. The van der Waals surface area contributed by atoms with Crippen LogP contribution in [-0.2, 0) is 16.1 Å². The van der Waals surface area contributed by atoms with Crippen LogP contribution >= 0.6 is 0 Å². The third-order valence-electron chi connectivity index (χ3n) is 8.23. The number of piperazine rings is 1. The first kappa shape index (κ1) is 29.3. The van der Waals surface area contributed by atoms with Gasteiger partial charge in [-0.15, -0.1) is 0 Å². The quantitative estimate of drug-likeness (QED) is 0.372. The summed E-state index contributed by atoms with van der Waals surface area (Å²) in [5, 5.41) is 0. The number of hydrogen-bond acceptors (Lipinski definition) is 7. The Balaban J connectivity index is 1.46. The van der Waals surface area contributed by atoms with Crippen LogP contribution in [0.2, 0.25) is 0 Å². The van der Waals surface area contributed by atoms with E-state index >= 15 is 0 Å². The first-order chi connectivity index (χ1) is 20.5. The van der Waals surface area contributed by atoms with E-state index in [1.165, 1.54) is 5.56 Å². The molecule has 3 aromatic rings. The molecule has 3 aromatic carbocycles. The van der Waals surface area contributed by atoms with Gasteiger partial charge in [0.05, 0.1) is 46.1 Å². The third-order valence-corrected chi connectivity index (χ3v) is 8.23. The number of amides is 2. The van der Waals surface area contributed by atoms with E-state index in [2.05, 4.69) is 29.2 Å². The number of ether oxygens (including phenoxy) is 4. The molecule has 9 heteroatoms. The standard InChI is InChI=1S/C33H39N3O6/c1-39-26-12-10-24(11-13-26)31-27(33(38)35-18-16-34(17-19-35)22-23-8-6-5-7-9-23)14-15-30(37)36(31)25-20-28(40-2)32(42-4)29(21-25)41-3/h5-13,20-21,27,31H,14-19,22H2,1-4H3. The van der Waals surface area contributed by atoms with Crippen LogP contribution in [0.3, 0.4) is 0 Å². The minimum absolute atomic E-state index is 0.0678. The zero-order chi connectivity index (χ0) is 29.6. The Kier molecular flexibility index (Phi) is 9.17. The molecule has 2 saturated heterocycles. The van der Waals surface area contributed by atoms with Crippen molar-refractivity contribution in [3.63, 3.8) is 0 Å². The van der Waals surface area contributed by atoms with Gasteiger partial charge >= 0.3 is 0 Å². The van der Waals surface area contributed by atoms with E-state index in [4.69, 9.17) is 18.9 Å². The van der Waals surface area contributed by atoms with Crippen molar-refractivity contribution in [1.82, 2.24) is 9.80 Å². The van der Waals surface area contributed by atoms with Gasteiger partial charge in [-0.1, -0.05) is 42.5 Å². The van der Waals surface area contributed by atoms with Crippen molar-refractivity contribution >= 4 is 17.5 Å². The number of rotatable bonds is 9. The molecular weight excluding hydrogens is 534 g/mol. The summed E-state index contributed by atoms with van der Waals surface area (Å²) in [4.78, 5) is 34.0. The highest BCUT2D eigenvalue weighted by molar-refractivity contribution is 5.98. The van der Waals surface area contributed by atoms with Crippen molar-refractivity contribution in [3.8, 4) is 23.0 Å². The molecule has 2 aliphatic rings. The molecule has 2 fully saturated rings. The lowest BCUT2D eigenvalue weighted by Gasteiger charge is -2.44. The zero-order valence-electron chi connectivity index (χ0n) is 24.7. The fourth-order valence-electron chi connectivity index (χ4n) is 6.05. The molecule has 0 bridgehead atoms. The number of piperidine rings is 1. The summed E-state index contributed by atoms with van der Waals surface area (Å²) in [6, 6.07) is 21.0. The molecular formula is C33H39N3O6. The van der Waals surface area contributed by atoms with Gasteiger partial charge in [-0.2, -0.15) is 0 Å². The molecule has 2 atom stereocenters. The Morgan fingerprint density at radius 2 is 1.45 bits per heavy atom. The Morgan fingerprint density at radius 1 is 0.810 bits per heavy atom. The number of nitrogens with zero attached hydrogens (tertiary/aromatic N) is 3. The monoisotopic (exact) mass is 573 g/mol. The number of carbonyl (C=O) groups excluding carboxylic acids is 2. The molecule has 0 aromatic heterocycles. The van der Waals surface area contributed by atoms with Gasteiger partial charge in [0.15, 0.2) is 11.5 Å². The Bertz CT molecular complexity index is 1350. The van der Waals surface area contributed by atoms with Crippen molar-refractivity contribution in [2.45, 2.75) is 25.4 Å². The van der Waals surface area contributed by atoms with Gasteiger partial charge in [0.2, 0.25) is 17.6 Å². The summed E-state index contributed by atoms with van der Waals surface area (Å²) in [6.45, 7) is 3.77. The zero-order valence-corrected chi connectivity index (χ0v) is 24.7. The van der Waals surface area contributed by atoms with Crippen LogP contribution in [0, 0.1) is 5.92 Å². The van der Waals surface area contributed by atoms with E-state index in [-0.39, 0.29) is 18.2 Å². The predicted molar refractivity (Wildman–Crippen MR) is 160 cm³/mol. The van der Waals surface area contributed by atoms with Crippen molar-refractivity contribution < 1.29 is 28.5 Å². The summed E-state index contributed by atoms with van der Waals surface area (Å²) in [5.41, 5.74) is 2.71. The molecule has 2 unspecified atom stereocenters. The molecule has 2 heterocycles. The summed E-state index contributed by atoms with van der Waals surface area (Å²) in [7, 11) is 6.25. The molecule has 0 radical (unpaired) electrons. The van der Waals surface area contributed by atoms with Crippen molar-refractivity contribution in [1.29, 1.82) is 0 Å². The summed E-state index contributed by atoms with van der Waals surface area (Å²) >= 11 is 0. The Morgan fingerprint density at radius 3 is 2.02 bits per heavy atom. The van der Waals surface area contributed by atoms with E-state index in [9.17, 15) is 9.59 Å². The molecule has 9 nitrogen and oxygen atoms in total. The lowest BCUT2D eigenvalue weighted by molar-refractivity contribution is -0.140. The van der Waals surface area contributed by atoms with E-state index in [1.54, 1.807) is 45.5 Å². The van der Waals surface area contributed by atoms with Crippen LogP contribution in [-0.4, -0.2) is 76.2 Å². The maximum atomic E-state index is 14.2. The molecule has 0 spiro atoms. The van der Waals surface area contributed by atoms with Crippen LogP contribution in [0.1, 0.15) is 30.0 Å². The molecule has 0 N–H and O–H groups in total. The van der Waals surface area contributed by atoms with Crippen LogP contribution in [0.15, 0.2) is 66.7 Å². The van der Waals surface area contributed by atoms with Gasteiger partial charge in [-0.05, 0) is 29.7 Å². The van der Waals surface area contributed by atoms with Gasteiger partial charge in [-0.3, -0.25) is 14.5 Å². The van der Waals surface area contributed by atoms with Crippen molar-refractivity contribution in [3.05, 3.63) is 77.9 Å². The van der Waals surface area contributed by atoms with Crippen LogP contribution in [0.4, 0.5) is 5.69 Å². The fraction of sp³-hybridized carbons (Fsp3) is 0.394. The second-order valence-corrected chi connectivity index (χ2v) is 10.6. The third kappa shape index (κ3) is 6.01. The SMILES string of the molecule is COc1ccc(C2C(C(=O)N3CCN(Cc4ccccc4)CC3)CCC(=O)N2c2cc(OC)c(OC)c(OC)c2)cc1. The fourth-order valence-corrected chi connectivity index (χ4v) is 6.05. The molecule has 2 aliphatic heterocycles. The van der Waals surface area contributed by atoms with Gasteiger partial charge < -0.3 is 28.7 Å². The highest BCUT2D eigenvalue weighted by Crippen LogP contribution is 2.46. The second-order valence-electron chi connectivity index (χ2n) is 10.6. The Labute approximate surface area is 247 Å². The van der Waals surface area contributed by atoms with E-state index < -0.39 is 12.0 Å². The molecule has 2 amide bonds. The normalized spacial score (nSPS) is 19.4. The highest BCUT2D eigenvalue weighted by atomic mass is 16.5. The average molecular weight is 574 g/mol. The largest absolute Gasteiger partial charge is 0.497 e. The van der Waals surface area contributed by atoms with Gasteiger partial charge in [0.25, 0.3) is 0 Å². The maximum Gasteiger partial charge on any atom is 0.228 e. The number of anilines is 1. The number of methoxy groups -OCH3 is 4. The van der Waals surface area contributed by atoms with E-state index in [1.807, 2.05) is 35.2 Å². The molecule has 5 rings (SSSR count). The summed E-state index contributed by atoms with van der Waals surface area (Å²) in [5.74, 6) is 1.61. The topological polar surface area (TPSA) is 80.8 Å². The van der Waals surface area contributed by atoms with Gasteiger partial charge in [0, 0.05) is 51.3 Å². The lowest BCUT2D eigenvalue weighted by atomic mass is 9.82. The molecule has 0 aliphatic carbocycles. The first-order valence-electron chi connectivity index (χ1n) is 14.3. The van der Waals surface area contributed by atoms with Gasteiger partial charge in [0.1, 0.15) is 5.75 Å². The highest BCUT2D eigenvalue weighted by Gasteiger charge is 2.43. The van der Waals surface area contributed by atoms with Crippen LogP contribution < -0.4 is 23.8 Å². The first-order valence-corrected chi connectivity index (χ1v) is 14.3. The predicted octanol–water partition coefficient (Wildman–Crippen LogP) is 4.55. The van der Waals surface area contributed by atoms with Crippen LogP contribution in [0.25, 0.3) is 0 Å². The molecule has 222 valence electrons. The second kappa shape index (κ2) is 13.2. The minimum atomic E-state index is -0.519. The average Bonchev–Trinajstić information content (AvgIpc) is 3.04. The lowest BCUT2D eigenvalue weighted by Crippen LogP contribution is -2.54. The summed E-state index contributed by atoms with van der Waals surface area (Å²) in [6.07, 6.45) is 0.729. The number of hydrogen-bond donors (Lipinski definition) is 0. The van der Waals surface area contributed by atoms with E-state index in [0.717, 1.165) is 25.2 Å². The summed E-state index contributed by atoms with van der Waals surface area (Å²) < 4.78 is 22.1. The van der Waals surface area contributed by atoms with Gasteiger partial charge in [-0.25, -0.2) is 0 Å². The number of benzene rings is 3. The molecule has 42 heavy (non-hydrogen) atoms. The minimum Gasteiger partial charge on any atom is -0.497 e. The van der Waals surface area contributed by atoms with Crippen molar-refractivity contribution in [2.75, 3.05) is 59.5 Å². The smallest absolute Gasteiger partial charge is 0.228 e. The van der Waals surface area contributed by atoms with Crippen molar-refractivity contribution in [2.24, 2.45) is 5.92 Å². The Hall–Kier alpha value is -4.24. The van der Waals surface area contributed by atoms with Crippen LogP contribution in [0.5, 0.6) is 23.0 Å². The van der Waals surface area contributed by atoms with E-state index in [0.29, 0.717) is 48.2 Å². The molecule has 0 saturated carbocycles. The number of carbonyl (C=O) groups is 2.